The first kappa shape index (κ1) is 31.9. The molecule has 2 N–H and O–H groups in total. The summed E-state index contributed by atoms with van der Waals surface area (Å²) < 4.78 is 77.3. The third-order valence-corrected chi connectivity index (χ3v) is 8.84. The number of nitrogens with zero attached hydrogens (tertiary/aromatic N) is 7. The number of piperazine rings is 1. The average molecular weight is 651 g/mol. The minimum Gasteiger partial charge on any atom is -0.462 e. The molecular weight excluding hydrogens is 615 g/mol. The van der Waals surface area contributed by atoms with Crippen LogP contribution < -0.4 is 14.5 Å². The molecular formula is C30H35F5N8O3. The number of hydrogen-bond acceptors (Lipinski definition) is 9. The largest absolute Gasteiger partial charge is 0.462 e. The molecule has 3 aliphatic heterocycles. The molecule has 1 amide bonds. The highest BCUT2D eigenvalue weighted by Gasteiger charge is 2.44. The number of aliphatic hydroxyl groups is 1. The number of nitrogens with one attached hydrogen (secondary N) is 1. The molecule has 3 aliphatic rings. The first-order valence-electron chi connectivity index (χ1n) is 15.1. The van der Waals surface area contributed by atoms with Crippen molar-refractivity contribution in [2.24, 2.45) is 0 Å². The van der Waals surface area contributed by atoms with Crippen LogP contribution >= 0.6 is 0 Å². The van der Waals surface area contributed by atoms with Crippen LogP contribution in [0.4, 0.5) is 33.5 Å². The molecule has 6 rings (SSSR count). The van der Waals surface area contributed by atoms with Crippen LogP contribution in [-0.2, 0) is 23.9 Å². The summed E-state index contributed by atoms with van der Waals surface area (Å²) in [5.41, 5.74) is 1.07. The van der Waals surface area contributed by atoms with Gasteiger partial charge in [-0.05, 0) is 32.0 Å². The van der Waals surface area contributed by atoms with Gasteiger partial charge in [0, 0.05) is 62.2 Å². The van der Waals surface area contributed by atoms with E-state index in [4.69, 9.17) is 9.84 Å². The molecule has 46 heavy (non-hydrogen) atoms. The van der Waals surface area contributed by atoms with Crippen LogP contribution in [0.1, 0.15) is 28.8 Å². The van der Waals surface area contributed by atoms with Gasteiger partial charge in [-0.3, -0.25) is 14.8 Å². The molecule has 2 saturated heterocycles. The van der Waals surface area contributed by atoms with Crippen LogP contribution in [0, 0.1) is 6.92 Å². The van der Waals surface area contributed by atoms with Gasteiger partial charge in [0.1, 0.15) is 12.4 Å². The van der Waals surface area contributed by atoms with Crippen molar-refractivity contribution in [2.45, 2.75) is 44.5 Å². The fourth-order valence-corrected chi connectivity index (χ4v) is 6.61. The van der Waals surface area contributed by atoms with Gasteiger partial charge < -0.3 is 24.5 Å². The van der Waals surface area contributed by atoms with Crippen molar-refractivity contribution in [3.63, 3.8) is 0 Å². The monoisotopic (exact) mass is 650 g/mol. The van der Waals surface area contributed by atoms with E-state index < -0.39 is 23.7 Å². The van der Waals surface area contributed by atoms with E-state index >= 15 is 0 Å². The molecule has 5 heterocycles. The lowest BCUT2D eigenvalue weighted by Crippen LogP contribution is -2.49. The summed E-state index contributed by atoms with van der Waals surface area (Å²) in [6, 6.07) is 0.830. The molecule has 11 nitrogen and oxygen atoms in total. The highest BCUT2D eigenvalue weighted by molar-refractivity contribution is 5.95. The number of likely N-dealkylation sites (tertiary alicyclic amines) is 1. The molecule has 2 fully saturated rings. The number of carbonyl (C=O) groups is 1. The predicted molar refractivity (Wildman–Crippen MR) is 159 cm³/mol. The van der Waals surface area contributed by atoms with Crippen molar-refractivity contribution in [3.8, 4) is 6.01 Å². The fourth-order valence-electron chi connectivity index (χ4n) is 6.61. The van der Waals surface area contributed by atoms with Gasteiger partial charge >= 0.3 is 12.2 Å². The maximum atomic E-state index is 14.4. The second kappa shape index (κ2) is 12.3. The van der Waals surface area contributed by atoms with Gasteiger partial charge in [0.25, 0.3) is 5.92 Å². The molecule has 0 radical (unpaired) electrons. The van der Waals surface area contributed by atoms with Crippen molar-refractivity contribution in [1.82, 2.24) is 30.0 Å². The van der Waals surface area contributed by atoms with Crippen LogP contribution in [-0.4, -0.2) is 112 Å². The summed E-state index contributed by atoms with van der Waals surface area (Å²) in [5.74, 6) is -2.51. The smallest absolute Gasteiger partial charge is 0.418 e. The summed E-state index contributed by atoms with van der Waals surface area (Å²) >= 11 is 0. The molecule has 3 aromatic rings. The quantitative estimate of drug-likeness (QED) is 0.294. The number of aliphatic hydroxyl groups excluding tert-OH is 1. The number of amides is 1. The second-order valence-electron chi connectivity index (χ2n) is 12.0. The summed E-state index contributed by atoms with van der Waals surface area (Å²) in [5, 5.41) is 16.1. The zero-order valence-electron chi connectivity index (χ0n) is 25.4. The predicted octanol–water partition coefficient (Wildman–Crippen LogP) is 3.16. The lowest BCUT2D eigenvalue weighted by atomic mass is 9.98. The lowest BCUT2D eigenvalue weighted by Gasteiger charge is -2.38. The van der Waals surface area contributed by atoms with Crippen molar-refractivity contribution in [1.29, 1.82) is 0 Å². The van der Waals surface area contributed by atoms with Gasteiger partial charge in [-0.1, -0.05) is 6.08 Å². The van der Waals surface area contributed by atoms with Crippen molar-refractivity contribution in [3.05, 3.63) is 46.8 Å². The Hall–Kier alpha value is -4.05. The van der Waals surface area contributed by atoms with E-state index in [0.717, 1.165) is 5.56 Å². The number of ether oxygens (including phenoxy) is 1. The van der Waals surface area contributed by atoms with Gasteiger partial charge in [-0.2, -0.15) is 28.2 Å². The van der Waals surface area contributed by atoms with E-state index in [1.165, 1.54) is 36.2 Å². The number of aryl methyl sites for hydroxylation is 1. The molecule has 0 aliphatic carbocycles. The number of fused-ring (bicyclic) bond motifs is 2. The van der Waals surface area contributed by atoms with E-state index in [9.17, 15) is 26.7 Å². The summed E-state index contributed by atoms with van der Waals surface area (Å²) in [4.78, 5) is 28.6. The Morgan fingerprint density at radius 1 is 1.17 bits per heavy atom. The number of aromatic nitrogens is 4. The number of rotatable bonds is 7. The van der Waals surface area contributed by atoms with E-state index in [2.05, 4.69) is 20.2 Å². The lowest BCUT2D eigenvalue weighted by molar-refractivity contribution is -0.137. The Kier molecular flexibility index (Phi) is 8.52. The topological polar surface area (TPSA) is 114 Å². The summed E-state index contributed by atoms with van der Waals surface area (Å²) in [6.07, 6.45) is -0.564. The van der Waals surface area contributed by atoms with E-state index in [1.54, 1.807) is 16.8 Å². The number of alkyl halides is 5. The van der Waals surface area contributed by atoms with E-state index in [0.29, 0.717) is 55.0 Å². The second-order valence-corrected chi connectivity index (χ2v) is 12.0. The Morgan fingerprint density at radius 3 is 2.61 bits per heavy atom. The summed E-state index contributed by atoms with van der Waals surface area (Å²) in [7, 11) is 1.60. The van der Waals surface area contributed by atoms with Crippen molar-refractivity contribution in [2.75, 3.05) is 69.3 Å². The Labute approximate surface area is 261 Å². The standard InChI is InChI=1S/C30H35F5N8O3/c1-18-12-22-21(14-36-39-22)26(25(18)30(33,34)35)43-6-5-20-23(15-43)37-28(46-16-19-13-29(31,32)17-40(19)2)38-27(20)42-9-7-41(8-10-42)24(45)4-3-11-44/h3-4,12,14,19,44H,5-11,13,15-17H2,1-2H3,(H,36,39)/b4-3+/t19-/m0/s1. The van der Waals surface area contributed by atoms with Gasteiger partial charge in [0.15, 0.2) is 0 Å². The number of aromatic amines is 1. The number of likely N-dealkylation sites (N-methyl/N-ethyl adjacent to an activating group) is 1. The van der Waals surface area contributed by atoms with Gasteiger partial charge in [-0.25, -0.2) is 8.78 Å². The number of anilines is 2. The van der Waals surface area contributed by atoms with Crippen LogP contribution in [0.15, 0.2) is 24.4 Å². The molecule has 1 atom stereocenters. The number of halogens is 5. The highest BCUT2D eigenvalue weighted by atomic mass is 19.4. The molecule has 2 aromatic heterocycles. The molecule has 248 valence electrons. The molecule has 0 unspecified atom stereocenters. The first-order chi connectivity index (χ1) is 21.8. The van der Waals surface area contributed by atoms with Crippen LogP contribution in [0.25, 0.3) is 10.9 Å². The highest BCUT2D eigenvalue weighted by Crippen LogP contribution is 2.44. The average Bonchev–Trinajstić information content (AvgIpc) is 3.58. The Bertz CT molecular complexity index is 1640. The normalized spacial score (nSPS) is 20.6. The van der Waals surface area contributed by atoms with Gasteiger partial charge in [0.2, 0.25) is 5.91 Å². The van der Waals surface area contributed by atoms with Crippen LogP contribution in [0.3, 0.4) is 0 Å². The van der Waals surface area contributed by atoms with Gasteiger partial charge in [0.05, 0.1) is 48.4 Å². The van der Waals surface area contributed by atoms with Crippen LogP contribution in [0.5, 0.6) is 6.01 Å². The third kappa shape index (κ3) is 6.32. The Balaban J connectivity index is 1.33. The van der Waals surface area contributed by atoms with Gasteiger partial charge in [-0.15, -0.1) is 0 Å². The molecule has 0 bridgehead atoms. The number of hydrogen-bond donors (Lipinski definition) is 2. The maximum absolute atomic E-state index is 14.4. The number of benzene rings is 1. The number of carbonyl (C=O) groups excluding carboxylic acids is 1. The zero-order chi connectivity index (χ0) is 32.8. The zero-order valence-corrected chi connectivity index (χ0v) is 25.4. The summed E-state index contributed by atoms with van der Waals surface area (Å²) in [6.45, 7) is 2.60. The van der Waals surface area contributed by atoms with E-state index in [-0.39, 0.29) is 62.4 Å². The fraction of sp³-hybridized carbons (Fsp3) is 0.533. The van der Waals surface area contributed by atoms with Crippen LogP contribution in [0.2, 0.25) is 0 Å². The SMILES string of the molecule is Cc1cc2[nH]ncc2c(N2CCc3c(nc(OC[C@@H]4CC(F)(F)CN4C)nc3N3CCN(C(=O)/C=C/CO)CC3)C2)c1C(F)(F)F. The molecule has 0 spiro atoms. The minimum atomic E-state index is -4.62. The molecule has 1 aromatic carbocycles. The molecule has 16 heteroatoms. The van der Waals surface area contributed by atoms with E-state index in [1.807, 2.05) is 4.90 Å². The first-order valence-corrected chi connectivity index (χ1v) is 15.1. The van der Waals surface area contributed by atoms with Crippen molar-refractivity contribution < 1.29 is 36.6 Å². The third-order valence-electron chi connectivity index (χ3n) is 8.84. The molecule has 0 saturated carbocycles. The minimum absolute atomic E-state index is 0.0161. The maximum Gasteiger partial charge on any atom is 0.418 e. The van der Waals surface area contributed by atoms with Crippen molar-refractivity contribution >= 4 is 28.3 Å². The Morgan fingerprint density at radius 2 is 1.93 bits per heavy atom. The number of H-pyrrole nitrogens is 1.